The van der Waals surface area contributed by atoms with Crippen LogP contribution in [0.5, 0.6) is 5.75 Å². The Morgan fingerprint density at radius 1 is 0.929 bits per heavy atom. The molecule has 2 N–H and O–H groups in total. The topological polar surface area (TPSA) is 88.8 Å². The van der Waals surface area contributed by atoms with Crippen molar-refractivity contribution in [1.82, 2.24) is 5.32 Å². The van der Waals surface area contributed by atoms with Crippen molar-refractivity contribution in [2.45, 2.75) is 6.54 Å². The normalized spacial score (nSPS) is 10.9. The smallest absolute Gasteiger partial charge is 0.341 e. The molecule has 140 valence electrons. The van der Waals surface area contributed by atoms with Crippen molar-refractivity contribution in [2.75, 3.05) is 6.61 Å². The highest BCUT2D eigenvalue weighted by Crippen LogP contribution is 2.23. The van der Waals surface area contributed by atoms with Gasteiger partial charge in [0.25, 0.3) is 5.91 Å². The van der Waals surface area contributed by atoms with E-state index in [4.69, 9.17) is 14.3 Å². The Balaban J connectivity index is 1.44. The molecule has 4 aromatic rings. The molecule has 0 aliphatic rings. The van der Waals surface area contributed by atoms with E-state index in [1.54, 1.807) is 18.2 Å². The van der Waals surface area contributed by atoms with Crippen LogP contribution in [-0.2, 0) is 11.3 Å². The number of amides is 1. The number of carbonyl (C=O) groups is 2. The van der Waals surface area contributed by atoms with E-state index in [0.717, 1.165) is 21.7 Å². The number of hydrogen-bond donors (Lipinski definition) is 2. The van der Waals surface area contributed by atoms with E-state index in [2.05, 4.69) is 5.32 Å². The minimum atomic E-state index is -1.02. The molecule has 1 heterocycles. The number of ether oxygens (including phenoxy) is 1. The largest absolute Gasteiger partial charge is 0.482 e. The van der Waals surface area contributed by atoms with Gasteiger partial charge in [-0.1, -0.05) is 36.4 Å². The van der Waals surface area contributed by atoms with E-state index in [-0.39, 0.29) is 18.3 Å². The van der Waals surface area contributed by atoms with Gasteiger partial charge in [-0.25, -0.2) is 4.79 Å². The fourth-order valence-electron chi connectivity index (χ4n) is 2.98. The van der Waals surface area contributed by atoms with E-state index < -0.39 is 5.97 Å². The van der Waals surface area contributed by atoms with Crippen molar-refractivity contribution < 1.29 is 23.8 Å². The number of para-hydroxylation sites is 1. The number of carboxylic acids is 1. The van der Waals surface area contributed by atoms with Gasteiger partial charge in [-0.05, 0) is 46.7 Å². The quantitative estimate of drug-likeness (QED) is 0.532. The van der Waals surface area contributed by atoms with Crippen LogP contribution >= 0.6 is 0 Å². The molecule has 28 heavy (non-hydrogen) atoms. The Morgan fingerprint density at radius 2 is 1.71 bits per heavy atom. The molecule has 0 spiro atoms. The summed E-state index contributed by atoms with van der Waals surface area (Å²) in [4.78, 5) is 22.9. The molecular formula is C22H17NO5. The van der Waals surface area contributed by atoms with Gasteiger partial charge in [0.15, 0.2) is 12.4 Å². The lowest BCUT2D eigenvalue weighted by Crippen LogP contribution is -2.22. The maximum Gasteiger partial charge on any atom is 0.341 e. The molecule has 0 saturated carbocycles. The Morgan fingerprint density at radius 3 is 2.54 bits per heavy atom. The molecule has 0 bridgehead atoms. The molecule has 0 unspecified atom stereocenters. The minimum absolute atomic E-state index is 0.270. The van der Waals surface area contributed by atoms with Crippen LogP contribution in [0.1, 0.15) is 16.1 Å². The summed E-state index contributed by atoms with van der Waals surface area (Å²) >= 11 is 0. The van der Waals surface area contributed by atoms with Gasteiger partial charge in [0.2, 0.25) is 0 Å². The molecule has 6 nitrogen and oxygen atoms in total. The average Bonchev–Trinajstić information content (AvgIpc) is 3.14. The highest BCUT2D eigenvalue weighted by atomic mass is 16.5. The van der Waals surface area contributed by atoms with Crippen LogP contribution in [0.25, 0.3) is 21.7 Å². The SMILES string of the molecule is O=C(O)COc1ccc2cc(CNC(=O)c3cc4ccccc4o3)ccc2c1. The fourth-order valence-corrected chi connectivity index (χ4v) is 2.98. The molecule has 0 atom stereocenters. The third-order valence-electron chi connectivity index (χ3n) is 4.34. The van der Waals surface area contributed by atoms with Gasteiger partial charge in [-0.3, -0.25) is 4.79 Å². The number of carbonyl (C=O) groups excluding carboxylic acids is 1. The number of fused-ring (bicyclic) bond motifs is 2. The first-order chi connectivity index (χ1) is 13.6. The molecule has 1 amide bonds. The van der Waals surface area contributed by atoms with Crippen molar-refractivity contribution >= 4 is 33.6 Å². The first-order valence-corrected chi connectivity index (χ1v) is 8.72. The van der Waals surface area contributed by atoms with E-state index in [1.807, 2.05) is 48.5 Å². The Kier molecular flexibility index (Phi) is 4.68. The summed E-state index contributed by atoms with van der Waals surface area (Å²) in [7, 11) is 0. The number of aliphatic carboxylic acids is 1. The maximum absolute atomic E-state index is 12.4. The Labute approximate surface area is 160 Å². The number of nitrogens with one attached hydrogen (secondary N) is 1. The second kappa shape index (κ2) is 7.44. The molecule has 4 rings (SSSR count). The van der Waals surface area contributed by atoms with Crippen molar-refractivity contribution in [1.29, 1.82) is 0 Å². The van der Waals surface area contributed by atoms with Crippen LogP contribution in [0.3, 0.4) is 0 Å². The predicted molar refractivity (Wildman–Crippen MR) is 104 cm³/mol. The number of rotatable bonds is 6. The fraction of sp³-hybridized carbons (Fsp3) is 0.0909. The molecule has 0 fully saturated rings. The van der Waals surface area contributed by atoms with Gasteiger partial charge in [-0.15, -0.1) is 0 Å². The summed E-state index contributed by atoms with van der Waals surface area (Å²) in [6, 6.07) is 20.4. The van der Waals surface area contributed by atoms with Gasteiger partial charge in [-0.2, -0.15) is 0 Å². The third-order valence-corrected chi connectivity index (χ3v) is 4.34. The molecule has 0 saturated heterocycles. The molecule has 6 heteroatoms. The van der Waals surface area contributed by atoms with Gasteiger partial charge < -0.3 is 19.6 Å². The summed E-state index contributed by atoms with van der Waals surface area (Å²) in [6.07, 6.45) is 0. The predicted octanol–water partition coefficient (Wildman–Crippen LogP) is 3.98. The Hall–Kier alpha value is -3.80. The maximum atomic E-state index is 12.4. The summed E-state index contributed by atoms with van der Waals surface area (Å²) in [5, 5.41) is 14.3. The molecule has 0 aliphatic carbocycles. The minimum Gasteiger partial charge on any atom is -0.482 e. The molecule has 3 aromatic carbocycles. The van der Waals surface area contributed by atoms with E-state index in [0.29, 0.717) is 17.9 Å². The first kappa shape index (κ1) is 17.6. The van der Waals surface area contributed by atoms with Crippen LogP contribution in [0.15, 0.2) is 71.1 Å². The van der Waals surface area contributed by atoms with Gasteiger partial charge in [0.1, 0.15) is 11.3 Å². The standard InChI is InChI=1S/C22H17NO5/c24-21(25)13-27-18-8-7-15-9-14(5-6-16(15)10-18)12-23-22(26)20-11-17-3-1-2-4-19(17)28-20/h1-11H,12-13H2,(H,23,26)(H,24,25). The summed E-state index contributed by atoms with van der Waals surface area (Å²) in [5.74, 6) is -0.507. The van der Waals surface area contributed by atoms with E-state index >= 15 is 0 Å². The zero-order chi connectivity index (χ0) is 19.5. The second-order valence-corrected chi connectivity index (χ2v) is 6.36. The lowest BCUT2D eigenvalue weighted by Gasteiger charge is -2.07. The number of benzene rings is 3. The van der Waals surface area contributed by atoms with E-state index in [9.17, 15) is 9.59 Å². The summed E-state index contributed by atoms with van der Waals surface area (Å²) < 4.78 is 10.8. The molecule has 0 radical (unpaired) electrons. The molecule has 0 aliphatic heterocycles. The lowest BCUT2D eigenvalue weighted by molar-refractivity contribution is -0.139. The second-order valence-electron chi connectivity index (χ2n) is 6.36. The van der Waals surface area contributed by atoms with Gasteiger partial charge in [0, 0.05) is 11.9 Å². The number of hydrogen-bond acceptors (Lipinski definition) is 4. The summed E-state index contributed by atoms with van der Waals surface area (Å²) in [6.45, 7) is -0.0134. The number of carboxylic acid groups (broad SMARTS) is 1. The lowest BCUT2D eigenvalue weighted by atomic mass is 10.1. The zero-order valence-electron chi connectivity index (χ0n) is 14.8. The monoisotopic (exact) mass is 375 g/mol. The number of furan rings is 1. The highest BCUT2D eigenvalue weighted by molar-refractivity contribution is 5.96. The van der Waals surface area contributed by atoms with Gasteiger partial charge in [0.05, 0.1) is 0 Å². The van der Waals surface area contributed by atoms with Crippen LogP contribution in [0.4, 0.5) is 0 Å². The van der Waals surface area contributed by atoms with Crippen LogP contribution < -0.4 is 10.1 Å². The van der Waals surface area contributed by atoms with Crippen LogP contribution in [0.2, 0.25) is 0 Å². The zero-order valence-corrected chi connectivity index (χ0v) is 14.8. The average molecular weight is 375 g/mol. The van der Waals surface area contributed by atoms with Crippen molar-refractivity contribution in [3.8, 4) is 5.75 Å². The third kappa shape index (κ3) is 3.81. The van der Waals surface area contributed by atoms with Crippen LogP contribution in [-0.4, -0.2) is 23.6 Å². The first-order valence-electron chi connectivity index (χ1n) is 8.72. The summed E-state index contributed by atoms with van der Waals surface area (Å²) in [5.41, 5.74) is 1.62. The highest BCUT2D eigenvalue weighted by Gasteiger charge is 2.11. The van der Waals surface area contributed by atoms with Crippen molar-refractivity contribution in [2.24, 2.45) is 0 Å². The van der Waals surface area contributed by atoms with Crippen LogP contribution in [0, 0.1) is 0 Å². The van der Waals surface area contributed by atoms with Crippen molar-refractivity contribution in [3.05, 3.63) is 78.1 Å². The van der Waals surface area contributed by atoms with E-state index in [1.165, 1.54) is 0 Å². The van der Waals surface area contributed by atoms with Crippen molar-refractivity contribution in [3.63, 3.8) is 0 Å². The Bertz CT molecular complexity index is 1140. The molecule has 1 aromatic heterocycles. The van der Waals surface area contributed by atoms with Gasteiger partial charge >= 0.3 is 5.97 Å². The molecular weight excluding hydrogens is 358 g/mol.